The molecular weight excluding hydrogens is 296 g/mol. The zero-order valence-corrected chi connectivity index (χ0v) is 13.2. The normalized spacial score (nSPS) is 10.2. The Morgan fingerprint density at radius 2 is 2.04 bits per heavy atom. The fourth-order valence-corrected chi connectivity index (χ4v) is 1.99. The largest absolute Gasteiger partial charge is 0.494 e. The van der Waals surface area contributed by atoms with Gasteiger partial charge in [-0.05, 0) is 38.1 Å². The summed E-state index contributed by atoms with van der Waals surface area (Å²) >= 11 is 0. The molecule has 1 heterocycles. The molecular formula is C16H20N4O3. The van der Waals surface area contributed by atoms with Crippen LogP contribution in [0.5, 0.6) is 5.75 Å². The Morgan fingerprint density at radius 3 is 2.74 bits per heavy atom. The van der Waals surface area contributed by atoms with Crippen molar-refractivity contribution in [3.05, 3.63) is 52.7 Å². The maximum Gasteiger partial charge on any atom is 0.319 e. The lowest BCUT2D eigenvalue weighted by molar-refractivity contribution is 0.251. The van der Waals surface area contributed by atoms with Gasteiger partial charge >= 0.3 is 6.03 Å². The lowest BCUT2D eigenvalue weighted by Crippen LogP contribution is -2.34. The van der Waals surface area contributed by atoms with Gasteiger partial charge in [-0.15, -0.1) is 0 Å². The quantitative estimate of drug-likeness (QED) is 0.850. The second-order valence-corrected chi connectivity index (χ2v) is 4.91. The lowest BCUT2D eigenvalue weighted by Gasteiger charge is -2.10. The van der Waals surface area contributed by atoms with Crippen LogP contribution >= 0.6 is 0 Å². The van der Waals surface area contributed by atoms with Crippen molar-refractivity contribution in [2.24, 2.45) is 0 Å². The molecule has 0 aliphatic heterocycles. The van der Waals surface area contributed by atoms with E-state index in [1.807, 2.05) is 6.92 Å². The number of hydrogen-bond donors (Lipinski definition) is 2. The summed E-state index contributed by atoms with van der Waals surface area (Å²) in [5.41, 5.74) is 1.14. The van der Waals surface area contributed by atoms with Crippen LogP contribution in [-0.2, 0) is 6.54 Å². The van der Waals surface area contributed by atoms with Gasteiger partial charge in [0, 0.05) is 30.5 Å². The average Bonchev–Trinajstić information content (AvgIpc) is 2.54. The number of rotatable bonds is 6. The highest BCUT2D eigenvalue weighted by atomic mass is 16.5. The molecule has 0 saturated carbocycles. The van der Waals surface area contributed by atoms with Gasteiger partial charge in [-0.2, -0.15) is 0 Å². The second-order valence-electron chi connectivity index (χ2n) is 4.91. The third-order valence-corrected chi connectivity index (χ3v) is 3.13. The van der Waals surface area contributed by atoms with Gasteiger partial charge in [0.2, 0.25) is 0 Å². The van der Waals surface area contributed by atoms with Crippen molar-refractivity contribution in [1.82, 2.24) is 14.9 Å². The van der Waals surface area contributed by atoms with E-state index in [4.69, 9.17) is 4.74 Å². The number of amides is 2. The Balaban J connectivity index is 1.81. The van der Waals surface area contributed by atoms with Gasteiger partial charge in [0.15, 0.2) is 0 Å². The smallest absolute Gasteiger partial charge is 0.319 e. The Hall–Kier alpha value is -2.83. The molecule has 0 radical (unpaired) electrons. The number of nitrogens with zero attached hydrogens (tertiary/aromatic N) is 2. The lowest BCUT2D eigenvalue weighted by atomic mass is 10.3. The maximum atomic E-state index is 11.8. The van der Waals surface area contributed by atoms with Crippen LogP contribution in [0.3, 0.4) is 0 Å². The van der Waals surface area contributed by atoms with Crippen LogP contribution in [-0.4, -0.2) is 28.7 Å². The van der Waals surface area contributed by atoms with Gasteiger partial charge in [-0.3, -0.25) is 9.36 Å². The highest BCUT2D eigenvalue weighted by Crippen LogP contribution is 2.15. The fraction of sp³-hybridized carbons (Fsp3) is 0.312. The van der Waals surface area contributed by atoms with E-state index in [0.717, 1.165) is 5.75 Å². The van der Waals surface area contributed by atoms with E-state index >= 15 is 0 Å². The van der Waals surface area contributed by atoms with Crippen LogP contribution < -0.4 is 20.9 Å². The van der Waals surface area contributed by atoms with Crippen LogP contribution in [0.2, 0.25) is 0 Å². The highest BCUT2D eigenvalue weighted by molar-refractivity contribution is 5.89. The number of benzene rings is 1. The van der Waals surface area contributed by atoms with Crippen molar-refractivity contribution in [2.45, 2.75) is 20.4 Å². The van der Waals surface area contributed by atoms with E-state index in [1.165, 1.54) is 17.1 Å². The number of carbonyl (C=O) groups excluding carboxylic acids is 1. The van der Waals surface area contributed by atoms with Gasteiger partial charge in [0.25, 0.3) is 5.56 Å². The Kier molecular flexibility index (Phi) is 5.74. The molecule has 0 spiro atoms. The first-order valence-electron chi connectivity index (χ1n) is 7.39. The van der Waals surface area contributed by atoms with Gasteiger partial charge in [0.1, 0.15) is 5.75 Å². The predicted octanol–water partition coefficient (Wildman–Crippen LogP) is 1.77. The SMILES string of the molecule is CCOc1ccc(NC(=O)NCCn2cncc(C)c2=O)cc1. The molecule has 1 aromatic heterocycles. The number of anilines is 1. The number of hydrogen-bond acceptors (Lipinski definition) is 4. The van der Waals surface area contributed by atoms with Crippen molar-refractivity contribution in [2.75, 3.05) is 18.5 Å². The number of ether oxygens (including phenoxy) is 1. The Bertz CT molecular complexity index is 710. The van der Waals surface area contributed by atoms with E-state index in [2.05, 4.69) is 15.6 Å². The van der Waals surface area contributed by atoms with Crippen molar-refractivity contribution in [3.8, 4) is 5.75 Å². The first-order valence-corrected chi connectivity index (χ1v) is 7.39. The molecule has 122 valence electrons. The summed E-state index contributed by atoms with van der Waals surface area (Å²) in [7, 11) is 0. The summed E-state index contributed by atoms with van der Waals surface area (Å²) < 4.78 is 6.80. The fourth-order valence-electron chi connectivity index (χ4n) is 1.99. The minimum Gasteiger partial charge on any atom is -0.494 e. The molecule has 0 bridgehead atoms. The van der Waals surface area contributed by atoms with Gasteiger partial charge < -0.3 is 15.4 Å². The Labute approximate surface area is 134 Å². The average molecular weight is 316 g/mol. The molecule has 0 saturated heterocycles. The molecule has 0 unspecified atom stereocenters. The zero-order chi connectivity index (χ0) is 16.7. The van der Waals surface area contributed by atoms with Gasteiger partial charge in [-0.1, -0.05) is 0 Å². The van der Waals surface area contributed by atoms with E-state index < -0.39 is 0 Å². The summed E-state index contributed by atoms with van der Waals surface area (Å²) in [6.45, 7) is 4.91. The topological polar surface area (TPSA) is 85.2 Å². The monoisotopic (exact) mass is 316 g/mol. The summed E-state index contributed by atoms with van der Waals surface area (Å²) in [4.78, 5) is 27.6. The van der Waals surface area contributed by atoms with Crippen LogP contribution in [0.15, 0.2) is 41.6 Å². The molecule has 1 aromatic carbocycles. The molecule has 2 amide bonds. The molecule has 2 aromatic rings. The van der Waals surface area contributed by atoms with E-state index in [0.29, 0.717) is 30.9 Å². The predicted molar refractivity (Wildman–Crippen MR) is 87.9 cm³/mol. The van der Waals surface area contributed by atoms with Crippen molar-refractivity contribution < 1.29 is 9.53 Å². The van der Waals surface area contributed by atoms with Gasteiger partial charge in [-0.25, -0.2) is 9.78 Å². The van der Waals surface area contributed by atoms with Crippen LogP contribution in [0.4, 0.5) is 10.5 Å². The molecule has 23 heavy (non-hydrogen) atoms. The standard InChI is InChI=1S/C16H20N4O3/c1-3-23-14-6-4-13(5-7-14)19-16(22)18-8-9-20-11-17-10-12(2)15(20)21/h4-7,10-11H,3,8-9H2,1-2H3,(H2,18,19,22). The minimum atomic E-state index is -0.331. The molecule has 0 aliphatic rings. The van der Waals surface area contributed by atoms with Crippen LogP contribution in [0.25, 0.3) is 0 Å². The molecule has 7 nitrogen and oxygen atoms in total. The number of aryl methyl sites for hydroxylation is 1. The first-order chi connectivity index (χ1) is 11.1. The molecule has 7 heteroatoms. The number of urea groups is 1. The van der Waals surface area contributed by atoms with E-state index in [9.17, 15) is 9.59 Å². The first kappa shape index (κ1) is 16.5. The van der Waals surface area contributed by atoms with E-state index in [1.54, 1.807) is 31.2 Å². The van der Waals surface area contributed by atoms with Crippen LogP contribution in [0.1, 0.15) is 12.5 Å². The second kappa shape index (κ2) is 7.98. The molecule has 0 atom stereocenters. The van der Waals surface area contributed by atoms with Crippen molar-refractivity contribution in [3.63, 3.8) is 0 Å². The van der Waals surface area contributed by atoms with Gasteiger partial charge in [0.05, 0.1) is 12.9 Å². The van der Waals surface area contributed by atoms with Crippen molar-refractivity contribution in [1.29, 1.82) is 0 Å². The maximum absolute atomic E-state index is 11.8. The summed E-state index contributed by atoms with van der Waals surface area (Å²) in [5, 5.41) is 5.41. The zero-order valence-electron chi connectivity index (χ0n) is 13.2. The number of carbonyl (C=O) groups is 1. The highest BCUT2D eigenvalue weighted by Gasteiger charge is 2.03. The van der Waals surface area contributed by atoms with E-state index in [-0.39, 0.29) is 11.6 Å². The third-order valence-electron chi connectivity index (χ3n) is 3.13. The number of nitrogens with one attached hydrogen (secondary N) is 2. The summed E-state index contributed by atoms with van der Waals surface area (Å²) in [6.07, 6.45) is 2.98. The molecule has 0 aliphatic carbocycles. The number of aromatic nitrogens is 2. The summed E-state index contributed by atoms with van der Waals surface area (Å²) in [6, 6.07) is 6.77. The van der Waals surface area contributed by atoms with Crippen molar-refractivity contribution >= 4 is 11.7 Å². The Morgan fingerprint density at radius 1 is 1.30 bits per heavy atom. The van der Waals surface area contributed by atoms with Crippen LogP contribution in [0, 0.1) is 6.92 Å². The minimum absolute atomic E-state index is 0.103. The molecule has 2 N–H and O–H groups in total. The summed E-state index contributed by atoms with van der Waals surface area (Å²) in [5.74, 6) is 0.754. The molecule has 0 fully saturated rings. The molecule has 2 rings (SSSR count). The third kappa shape index (κ3) is 4.84.